The Balaban J connectivity index is 2.83. The smallest absolute Gasteiger partial charge is 0.337 e. The monoisotopic (exact) mass is 234 g/mol. The molecule has 0 saturated carbocycles. The Labute approximate surface area is 99.7 Å². The molecule has 0 atom stereocenters. The van der Waals surface area contributed by atoms with E-state index in [0.29, 0.717) is 11.8 Å². The van der Waals surface area contributed by atoms with Gasteiger partial charge in [-0.15, -0.1) is 0 Å². The van der Waals surface area contributed by atoms with Crippen LogP contribution < -0.4 is 0 Å². The first kappa shape index (κ1) is 12.7. The minimum Gasteiger partial charge on any atom is -0.467 e. The highest BCUT2D eigenvalue weighted by atomic mass is 28.1. The van der Waals surface area contributed by atoms with E-state index in [4.69, 9.17) is 4.74 Å². The van der Waals surface area contributed by atoms with E-state index in [2.05, 4.69) is 19.9 Å². The first-order valence-corrected chi connectivity index (χ1v) is 7.04. The van der Waals surface area contributed by atoms with Gasteiger partial charge in [-0.2, -0.15) is 0 Å². The third kappa shape index (κ3) is 3.34. The number of carbonyl (C=O) groups is 1. The largest absolute Gasteiger partial charge is 0.467 e. The molecule has 0 aliphatic rings. The lowest BCUT2D eigenvalue weighted by molar-refractivity contribution is 0.0573. The van der Waals surface area contributed by atoms with Gasteiger partial charge in [-0.1, -0.05) is 25.1 Å². The molecular formula is C13H18O2Si. The Kier molecular flexibility index (Phi) is 4.99. The quantitative estimate of drug-likeness (QED) is 0.588. The van der Waals surface area contributed by atoms with Gasteiger partial charge in [0.05, 0.1) is 22.0 Å². The number of carbonyl (C=O) groups excluding carboxylic acids is 1. The minimum absolute atomic E-state index is 0.223. The van der Waals surface area contributed by atoms with Gasteiger partial charge in [0, 0.05) is 0 Å². The maximum absolute atomic E-state index is 11.4. The van der Waals surface area contributed by atoms with E-state index in [1.807, 2.05) is 24.3 Å². The summed E-state index contributed by atoms with van der Waals surface area (Å²) < 4.78 is 4.98. The number of ether oxygens (including phenoxy) is 1. The van der Waals surface area contributed by atoms with Gasteiger partial charge in [0.15, 0.2) is 0 Å². The normalized spacial score (nSPS) is 11.5. The zero-order valence-electron chi connectivity index (χ0n) is 10.1. The number of hydrogen-bond donors (Lipinski definition) is 0. The molecule has 0 amide bonds. The molecule has 0 saturated heterocycles. The molecule has 0 heterocycles. The highest BCUT2D eigenvalue weighted by Gasteiger charge is 2.05. The van der Waals surface area contributed by atoms with E-state index >= 15 is 0 Å². The van der Waals surface area contributed by atoms with E-state index in [1.165, 1.54) is 5.57 Å². The number of esters is 1. The van der Waals surface area contributed by atoms with Gasteiger partial charge in [-0.3, -0.25) is 0 Å². The van der Waals surface area contributed by atoms with Gasteiger partial charge < -0.3 is 4.74 Å². The molecule has 0 aromatic heterocycles. The predicted molar refractivity (Wildman–Crippen MR) is 70.6 cm³/mol. The first-order chi connectivity index (χ1) is 7.69. The lowest BCUT2D eigenvalue weighted by Crippen LogP contribution is -2.05. The van der Waals surface area contributed by atoms with Gasteiger partial charge >= 0.3 is 5.97 Å². The summed E-state index contributed by atoms with van der Waals surface area (Å²) in [5.41, 5.74) is 3.03. The van der Waals surface area contributed by atoms with E-state index < -0.39 is 0 Å². The van der Waals surface area contributed by atoms with Crippen molar-refractivity contribution in [2.24, 2.45) is 0 Å². The highest BCUT2D eigenvalue weighted by molar-refractivity contribution is 6.09. The summed E-state index contributed by atoms with van der Waals surface area (Å²) in [5, 5.41) is 0. The molecule has 0 aliphatic heterocycles. The molecule has 0 unspecified atom stereocenters. The maximum Gasteiger partial charge on any atom is 0.337 e. The fourth-order valence-corrected chi connectivity index (χ4v) is 1.77. The van der Waals surface area contributed by atoms with Crippen molar-refractivity contribution in [2.45, 2.75) is 20.3 Å². The molecule has 0 spiro atoms. The van der Waals surface area contributed by atoms with Crippen LogP contribution in [0.5, 0.6) is 0 Å². The van der Waals surface area contributed by atoms with Crippen molar-refractivity contribution >= 4 is 21.8 Å². The van der Waals surface area contributed by atoms with Crippen LogP contribution in [0.25, 0.3) is 5.57 Å². The molecule has 1 rings (SSSR count). The van der Waals surface area contributed by atoms with Crippen molar-refractivity contribution in [2.75, 3.05) is 6.23 Å². The Morgan fingerprint density at radius 3 is 2.38 bits per heavy atom. The SMILES string of the molecule is CC/C=C(\C)c1ccc(C(=O)OC[SiH3])cc1. The average molecular weight is 234 g/mol. The van der Waals surface area contributed by atoms with Crippen LogP contribution in [-0.4, -0.2) is 22.4 Å². The second-order valence-corrected chi connectivity index (χ2v) is 4.17. The molecule has 0 N–H and O–H groups in total. The summed E-state index contributed by atoms with van der Waals surface area (Å²) in [7, 11) is 0.882. The van der Waals surface area contributed by atoms with E-state index in [-0.39, 0.29) is 5.97 Å². The van der Waals surface area contributed by atoms with Gasteiger partial charge in [-0.05, 0) is 36.6 Å². The number of benzene rings is 1. The molecule has 1 aromatic rings. The third-order valence-corrected chi connectivity index (χ3v) is 2.65. The summed E-state index contributed by atoms with van der Waals surface area (Å²) in [6.07, 6.45) is 3.75. The highest BCUT2D eigenvalue weighted by Crippen LogP contribution is 2.15. The van der Waals surface area contributed by atoms with Crippen molar-refractivity contribution in [1.29, 1.82) is 0 Å². The molecule has 0 bridgehead atoms. The van der Waals surface area contributed by atoms with Crippen molar-refractivity contribution in [3.05, 3.63) is 41.5 Å². The number of hydrogen-bond acceptors (Lipinski definition) is 2. The van der Waals surface area contributed by atoms with Crippen molar-refractivity contribution in [3.8, 4) is 0 Å². The Bertz CT molecular complexity index is 379. The zero-order valence-corrected chi connectivity index (χ0v) is 12.1. The van der Waals surface area contributed by atoms with Crippen LogP contribution in [0.15, 0.2) is 30.3 Å². The van der Waals surface area contributed by atoms with Crippen LogP contribution in [0.4, 0.5) is 0 Å². The average Bonchev–Trinajstić information content (AvgIpc) is 2.30. The van der Waals surface area contributed by atoms with Crippen molar-refractivity contribution in [1.82, 2.24) is 0 Å². The first-order valence-electron chi connectivity index (χ1n) is 5.63. The van der Waals surface area contributed by atoms with Crippen molar-refractivity contribution < 1.29 is 9.53 Å². The van der Waals surface area contributed by atoms with Crippen LogP contribution in [0.1, 0.15) is 36.2 Å². The third-order valence-electron chi connectivity index (χ3n) is 2.36. The Morgan fingerprint density at radius 1 is 1.31 bits per heavy atom. The predicted octanol–water partition coefficient (Wildman–Crippen LogP) is 1.98. The van der Waals surface area contributed by atoms with Crippen LogP contribution in [0, 0.1) is 0 Å². The van der Waals surface area contributed by atoms with Crippen LogP contribution in [0.2, 0.25) is 0 Å². The lowest BCUT2D eigenvalue weighted by atomic mass is 10.0. The standard InChI is InChI=1S/C13H18O2Si/c1-3-4-10(2)11-5-7-12(8-6-11)13(14)15-9-16/h4-8H,3,9H2,1-2,16H3/b10-4+. The molecule has 0 aliphatic carbocycles. The fraction of sp³-hybridized carbons (Fsp3) is 0.308. The molecule has 0 fully saturated rings. The van der Waals surface area contributed by atoms with Crippen LogP contribution in [0.3, 0.4) is 0 Å². The molecule has 1 aromatic carbocycles. The van der Waals surface area contributed by atoms with Gasteiger partial charge in [-0.25, -0.2) is 4.79 Å². The maximum atomic E-state index is 11.4. The second-order valence-electron chi connectivity index (χ2n) is 3.59. The number of rotatable bonds is 4. The summed E-state index contributed by atoms with van der Waals surface area (Å²) in [5.74, 6) is -0.223. The molecule has 16 heavy (non-hydrogen) atoms. The molecule has 86 valence electrons. The summed E-state index contributed by atoms with van der Waals surface area (Å²) in [6, 6.07) is 7.57. The Morgan fingerprint density at radius 2 is 1.88 bits per heavy atom. The van der Waals surface area contributed by atoms with E-state index in [9.17, 15) is 4.79 Å². The zero-order chi connectivity index (χ0) is 12.0. The summed E-state index contributed by atoms with van der Waals surface area (Å²) in [6.45, 7) is 4.19. The van der Waals surface area contributed by atoms with Crippen LogP contribution >= 0.6 is 0 Å². The van der Waals surface area contributed by atoms with Crippen LogP contribution in [-0.2, 0) is 4.74 Å². The van der Waals surface area contributed by atoms with E-state index in [1.54, 1.807) is 0 Å². The minimum atomic E-state index is -0.223. The lowest BCUT2D eigenvalue weighted by Gasteiger charge is -2.04. The van der Waals surface area contributed by atoms with Gasteiger partial charge in [0.2, 0.25) is 0 Å². The second kappa shape index (κ2) is 6.28. The molecular weight excluding hydrogens is 216 g/mol. The summed E-state index contributed by atoms with van der Waals surface area (Å²) in [4.78, 5) is 11.4. The van der Waals surface area contributed by atoms with Gasteiger partial charge in [0.25, 0.3) is 0 Å². The molecule has 0 radical (unpaired) electrons. The topological polar surface area (TPSA) is 26.3 Å². The van der Waals surface area contributed by atoms with Crippen molar-refractivity contribution in [3.63, 3.8) is 0 Å². The fourth-order valence-electron chi connectivity index (χ4n) is 1.51. The Hall–Kier alpha value is -1.35. The molecule has 3 heteroatoms. The van der Waals surface area contributed by atoms with E-state index in [0.717, 1.165) is 22.2 Å². The van der Waals surface area contributed by atoms with Gasteiger partial charge in [0.1, 0.15) is 0 Å². The summed E-state index contributed by atoms with van der Waals surface area (Å²) >= 11 is 0. The number of allylic oxidation sites excluding steroid dienone is 2. The molecule has 2 nitrogen and oxygen atoms in total.